The summed E-state index contributed by atoms with van der Waals surface area (Å²) in [6.45, 7) is 14.6. The van der Waals surface area contributed by atoms with Crippen LogP contribution in [0.2, 0.25) is 0 Å². The molecule has 100 valence electrons. The van der Waals surface area contributed by atoms with Crippen LogP contribution in [0.1, 0.15) is 33.3 Å². The predicted octanol–water partition coefficient (Wildman–Crippen LogP) is 3.23. The van der Waals surface area contributed by atoms with Crippen molar-refractivity contribution in [2.75, 3.05) is 26.2 Å². The Labute approximate surface area is 108 Å². The predicted molar refractivity (Wildman–Crippen MR) is 79.6 cm³/mol. The molecule has 0 radical (unpaired) electrons. The third kappa shape index (κ3) is 15.1. The molecule has 0 aliphatic carbocycles. The Morgan fingerprint density at radius 1 is 0.706 bits per heavy atom. The standard InChI is InChI=1S/C7H8.C4H10N2.2C2H6/c1-7-5-3-2-4-6-7;1-2-6-4-3-5-1;2*1-2/h2-6H,1H3;5-6H,1-4H2;2*1-2H3. The van der Waals surface area contributed by atoms with E-state index < -0.39 is 0 Å². The summed E-state index contributed by atoms with van der Waals surface area (Å²) in [5, 5.41) is 6.44. The second-order valence-corrected chi connectivity index (χ2v) is 3.15. The molecule has 1 aromatic carbocycles. The van der Waals surface area contributed by atoms with Crippen LogP contribution in [-0.2, 0) is 0 Å². The minimum Gasteiger partial charge on any atom is -0.314 e. The summed E-state index contributed by atoms with van der Waals surface area (Å²) in [4.78, 5) is 0. The van der Waals surface area contributed by atoms with Gasteiger partial charge in [-0.25, -0.2) is 0 Å². The maximum absolute atomic E-state index is 3.22. The average Bonchev–Trinajstić information content (AvgIpc) is 2.47. The average molecular weight is 238 g/mol. The van der Waals surface area contributed by atoms with Gasteiger partial charge < -0.3 is 10.6 Å². The van der Waals surface area contributed by atoms with Crippen molar-refractivity contribution >= 4 is 0 Å². The molecule has 1 heterocycles. The lowest BCUT2D eigenvalue weighted by Crippen LogP contribution is -2.39. The number of nitrogens with one attached hydrogen (secondary N) is 2. The normalized spacial score (nSPS) is 12.8. The first-order valence-electron chi connectivity index (χ1n) is 6.82. The van der Waals surface area contributed by atoms with Gasteiger partial charge in [0.05, 0.1) is 0 Å². The van der Waals surface area contributed by atoms with Crippen molar-refractivity contribution in [1.82, 2.24) is 10.6 Å². The third-order valence-corrected chi connectivity index (χ3v) is 1.90. The lowest BCUT2D eigenvalue weighted by atomic mass is 10.2. The van der Waals surface area contributed by atoms with Gasteiger partial charge in [0.15, 0.2) is 0 Å². The highest BCUT2D eigenvalue weighted by molar-refractivity contribution is 5.11. The molecule has 1 fully saturated rings. The highest BCUT2D eigenvalue weighted by Crippen LogP contribution is 1.92. The van der Waals surface area contributed by atoms with E-state index in [4.69, 9.17) is 0 Å². The number of piperazine rings is 1. The lowest BCUT2D eigenvalue weighted by Gasteiger charge is -2.11. The van der Waals surface area contributed by atoms with Crippen molar-refractivity contribution in [2.45, 2.75) is 34.6 Å². The van der Waals surface area contributed by atoms with E-state index in [9.17, 15) is 0 Å². The minimum atomic E-state index is 1.14. The van der Waals surface area contributed by atoms with E-state index in [0.29, 0.717) is 0 Å². The van der Waals surface area contributed by atoms with Crippen LogP contribution in [0.5, 0.6) is 0 Å². The van der Waals surface area contributed by atoms with Crippen molar-refractivity contribution in [1.29, 1.82) is 0 Å². The quantitative estimate of drug-likeness (QED) is 0.725. The molecule has 1 saturated heterocycles. The molecule has 2 rings (SSSR count). The molecule has 0 saturated carbocycles. The van der Waals surface area contributed by atoms with Gasteiger partial charge in [-0.05, 0) is 6.92 Å². The van der Waals surface area contributed by atoms with Crippen molar-refractivity contribution < 1.29 is 0 Å². The van der Waals surface area contributed by atoms with Crippen LogP contribution in [0.15, 0.2) is 30.3 Å². The summed E-state index contributed by atoms with van der Waals surface area (Å²) < 4.78 is 0. The van der Waals surface area contributed by atoms with E-state index in [0.717, 1.165) is 26.2 Å². The highest BCUT2D eigenvalue weighted by atomic mass is 15.0. The second-order valence-electron chi connectivity index (χ2n) is 3.15. The summed E-state index contributed by atoms with van der Waals surface area (Å²) in [6.07, 6.45) is 0. The van der Waals surface area contributed by atoms with Gasteiger partial charge in [-0.2, -0.15) is 0 Å². The molecule has 0 spiro atoms. The molecule has 0 bridgehead atoms. The molecular weight excluding hydrogens is 208 g/mol. The Balaban J connectivity index is 0. The SMILES string of the molecule is C1CNCCN1.CC.CC.Cc1ccccc1. The zero-order valence-corrected chi connectivity index (χ0v) is 12.2. The van der Waals surface area contributed by atoms with E-state index in [2.05, 4.69) is 29.7 Å². The topological polar surface area (TPSA) is 24.1 Å². The van der Waals surface area contributed by atoms with Crippen LogP contribution in [0, 0.1) is 6.92 Å². The second kappa shape index (κ2) is 17.5. The molecule has 0 amide bonds. The van der Waals surface area contributed by atoms with E-state index in [1.165, 1.54) is 5.56 Å². The van der Waals surface area contributed by atoms with E-state index in [1.807, 2.05) is 45.9 Å². The highest BCUT2D eigenvalue weighted by Gasteiger charge is 1.91. The van der Waals surface area contributed by atoms with Crippen LogP contribution in [0.3, 0.4) is 0 Å². The van der Waals surface area contributed by atoms with Crippen molar-refractivity contribution in [3.63, 3.8) is 0 Å². The fourth-order valence-electron chi connectivity index (χ4n) is 1.14. The first-order valence-corrected chi connectivity index (χ1v) is 6.82. The van der Waals surface area contributed by atoms with Crippen LogP contribution < -0.4 is 10.6 Å². The number of rotatable bonds is 0. The number of hydrogen-bond donors (Lipinski definition) is 2. The van der Waals surface area contributed by atoms with Gasteiger partial charge in [-0.3, -0.25) is 0 Å². The van der Waals surface area contributed by atoms with Gasteiger partial charge in [0.1, 0.15) is 0 Å². The zero-order valence-electron chi connectivity index (χ0n) is 12.2. The molecular formula is C15H30N2. The van der Waals surface area contributed by atoms with Gasteiger partial charge in [0.25, 0.3) is 0 Å². The molecule has 1 aromatic rings. The van der Waals surface area contributed by atoms with Crippen molar-refractivity contribution in [2.24, 2.45) is 0 Å². The first kappa shape index (κ1) is 18.5. The molecule has 1 aliphatic heterocycles. The van der Waals surface area contributed by atoms with E-state index >= 15 is 0 Å². The zero-order chi connectivity index (χ0) is 13.4. The maximum Gasteiger partial charge on any atom is 0.00772 e. The van der Waals surface area contributed by atoms with Crippen molar-refractivity contribution in [3.05, 3.63) is 35.9 Å². The monoisotopic (exact) mass is 238 g/mol. The Hall–Kier alpha value is -0.860. The van der Waals surface area contributed by atoms with Gasteiger partial charge in [0.2, 0.25) is 0 Å². The fourth-order valence-corrected chi connectivity index (χ4v) is 1.14. The number of aryl methyl sites for hydroxylation is 1. The van der Waals surface area contributed by atoms with Gasteiger partial charge in [-0.15, -0.1) is 0 Å². The Kier molecular flexibility index (Phi) is 19.1. The molecule has 2 N–H and O–H groups in total. The molecule has 1 aliphatic rings. The van der Waals surface area contributed by atoms with Gasteiger partial charge in [0, 0.05) is 26.2 Å². The van der Waals surface area contributed by atoms with Gasteiger partial charge in [-0.1, -0.05) is 63.6 Å². The van der Waals surface area contributed by atoms with Gasteiger partial charge >= 0.3 is 0 Å². The summed E-state index contributed by atoms with van der Waals surface area (Å²) >= 11 is 0. The minimum absolute atomic E-state index is 1.14. The molecule has 0 aromatic heterocycles. The smallest absolute Gasteiger partial charge is 0.00772 e. The van der Waals surface area contributed by atoms with Crippen LogP contribution in [-0.4, -0.2) is 26.2 Å². The first-order chi connectivity index (χ1) is 8.39. The van der Waals surface area contributed by atoms with Crippen LogP contribution >= 0.6 is 0 Å². The van der Waals surface area contributed by atoms with E-state index in [-0.39, 0.29) is 0 Å². The summed E-state index contributed by atoms with van der Waals surface area (Å²) in [6, 6.07) is 10.3. The van der Waals surface area contributed by atoms with Crippen LogP contribution in [0.25, 0.3) is 0 Å². The fraction of sp³-hybridized carbons (Fsp3) is 0.600. The summed E-state index contributed by atoms with van der Waals surface area (Å²) in [7, 11) is 0. The van der Waals surface area contributed by atoms with Crippen LogP contribution in [0.4, 0.5) is 0 Å². The lowest BCUT2D eigenvalue weighted by molar-refractivity contribution is 0.534. The Morgan fingerprint density at radius 2 is 1.06 bits per heavy atom. The van der Waals surface area contributed by atoms with E-state index in [1.54, 1.807) is 0 Å². The molecule has 0 unspecified atom stereocenters. The number of hydrogen-bond acceptors (Lipinski definition) is 2. The third-order valence-electron chi connectivity index (χ3n) is 1.90. The molecule has 2 heteroatoms. The number of benzene rings is 1. The molecule has 0 atom stereocenters. The maximum atomic E-state index is 3.22. The largest absolute Gasteiger partial charge is 0.314 e. The summed E-state index contributed by atoms with van der Waals surface area (Å²) in [5.41, 5.74) is 1.32. The van der Waals surface area contributed by atoms with Crippen molar-refractivity contribution in [3.8, 4) is 0 Å². The molecule has 17 heavy (non-hydrogen) atoms. The summed E-state index contributed by atoms with van der Waals surface area (Å²) in [5.74, 6) is 0. The Morgan fingerprint density at radius 3 is 1.24 bits per heavy atom. The molecule has 2 nitrogen and oxygen atoms in total. The Bertz CT molecular complexity index is 194.